The molecular formula is C17H24N4O. The summed E-state index contributed by atoms with van der Waals surface area (Å²) in [6, 6.07) is 9.97. The molecule has 0 fully saturated rings. The predicted molar refractivity (Wildman–Crippen MR) is 88.1 cm³/mol. The van der Waals surface area contributed by atoms with Gasteiger partial charge in [-0.3, -0.25) is 4.79 Å². The topological polar surface area (TPSA) is 97.8 Å². The average molecular weight is 300 g/mol. The van der Waals surface area contributed by atoms with E-state index in [-0.39, 0.29) is 18.4 Å². The largest absolute Gasteiger partial charge is 0.341 e. The molecule has 0 aliphatic rings. The van der Waals surface area contributed by atoms with Crippen molar-refractivity contribution in [2.24, 2.45) is 11.5 Å². The summed E-state index contributed by atoms with van der Waals surface area (Å²) >= 11 is 0. The maximum Gasteiger partial charge on any atom is 0.146 e. The molecular weight excluding hydrogens is 276 g/mol. The van der Waals surface area contributed by atoms with E-state index in [9.17, 15) is 4.79 Å². The molecule has 5 N–H and O–H groups in total. The molecule has 0 aliphatic carbocycles. The third-order valence-corrected chi connectivity index (χ3v) is 3.73. The van der Waals surface area contributed by atoms with Crippen LogP contribution in [-0.4, -0.2) is 22.3 Å². The van der Waals surface area contributed by atoms with Crippen molar-refractivity contribution in [3.05, 3.63) is 42.4 Å². The second-order valence-electron chi connectivity index (χ2n) is 5.50. The van der Waals surface area contributed by atoms with E-state index < -0.39 is 0 Å². The van der Waals surface area contributed by atoms with Crippen molar-refractivity contribution in [3.63, 3.8) is 0 Å². The highest BCUT2D eigenvalue weighted by Gasteiger charge is 2.11. The number of hydrogen-bond acceptors (Lipinski definition) is 4. The molecule has 1 heterocycles. The van der Waals surface area contributed by atoms with E-state index in [1.807, 2.05) is 36.5 Å². The fraction of sp³-hybridized carbons (Fsp3) is 0.412. The molecule has 0 amide bonds. The Morgan fingerprint density at radius 1 is 1.18 bits per heavy atom. The molecule has 2 aromatic rings. The van der Waals surface area contributed by atoms with Crippen LogP contribution in [0.15, 0.2) is 36.5 Å². The first kappa shape index (κ1) is 16.4. The molecule has 0 unspecified atom stereocenters. The zero-order valence-electron chi connectivity index (χ0n) is 12.8. The number of aromatic amines is 1. The lowest BCUT2D eigenvalue weighted by molar-refractivity contribution is -0.117. The number of nitrogens with two attached hydrogens (primary N) is 2. The minimum atomic E-state index is -0.0947. The van der Waals surface area contributed by atoms with Gasteiger partial charge >= 0.3 is 0 Å². The summed E-state index contributed by atoms with van der Waals surface area (Å²) in [7, 11) is 0. The van der Waals surface area contributed by atoms with Crippen LogP contribution in [0.2, 0.25) is 0 Å². The molecule has 0 aliphatic heterocycles. The number of unbranched alkanes of at least 4 members (excludes halogenated alkanes) is 2. The van der Waals surface area contributed by atoms with Crippen LogP contribution in [0.3, 0.4) is 0 Å². The van der Waals surface area contributed by atoms with Crippen molar-refractivity contribution in [3.8, 4) is 11.3 Å². The number of Topliss-reactive ketones (excluding diaryl/α,β-unsaturated/α-hetero) is 1. The maximum atomic E-state index is 11.1. The van der Waals surface area contributed by atoms with Gasteiger partial charge < -0.3 is 16.5 Å². The van der Waals surface area contributed by atoms with Crippen molar-refractivity contribution >= 4 is 5.78 Å². The molecule has 0 saturated carbocycles. The SMILES string of the molecule is NCC(=O)CCCCC[C@H](N)c1ncc(-c2ccccc2)[nH]1. The van der Waals surface area contributed by atoms with E-state index in [1.54, 1.807) is 0 Å². The van der Waals surface area contributed by atoms with Gasteiger partial charge in [0.1, 0.15) is 11.6 Å². The Bertz CT molecular complexity index is 579. The standard InChI is InChI=1S/C17H24N4O/c18-11-14(22)9-5-2-6-10-15(19)17-20-12-16(21-17)13-7-3-1-4-8-13/h1,3-4,7-8,12,15H,2,5-6,9-11,18-19H2,(H,20,21)/t15-/m0/s1. The highest BCUT2D eigenvalue weighted by molar-refractivity contribution is 5.80. The number of hydrogen-bond donors (Lipinski definition) is 3. The summed E-state index contributed by atoms with van der Waals surface area (Å²) in [5, 5.41) is 0. The fourth-order valence-electron chi connectivity index (χ4n) is 2.39. The highest BCUT2D eigenvalue weighted by atomic mass is 16.1. The Morgan fingerprint density at radius 3 is 2.68 bits per heavy atom. The summed E-state index contributed by atoms with van der Waals surface area (Å²) in [5.41, 5.74) is 13.5. The first-order chi connectivity index (χ1) is 10.7. The lowest BCUT2D eigenvalue weighted by atomic mass is 10.1. The van der Waals surface area contributed by atoms with Crippen LogP contribution < -0.4 is 11.5 Å². The van der Waals surface area contributed by atoms with Crippen LogP contribution in [0.25, 0.3) is 11.3 Å². The second kappa shape index (κ2) is 8.46. The van der Waals surface area contributed by atoms with Gasteiger partial charge in [0.25, 0.3) is 0 Å². The van der Waals surface area contributed by atoms with E-state index >= 15 is 0 Å². The summed E-state index contributed by atoms with van der Waals surface area (Å²) in [6.07, 6.45) is 6.12. The Labute approximate surface area is 131 Å². The summed E-state index contributed by atoms with van der Waals surface area (Å²) in [5.74, 6) is 0.944. The smallest absolute Gasteiger partial charge is 0.146 e. The number of nitrogens with zero attached hydrogens (tertiary/aromatic N) is 1. The quantitative estimate of drug-likeness (QED) is 0.620. The van der Waals surface area contributed by atoms with Gasteiger partial charge in [0.15, 0.2) is 0 Å². The minimum Gasteiger partial charge on any atom is -0.341 e. The Kier molecular flexibility index (Phi) is 6.30. The Hall–Kier alpha value is -1.98. The van der Waals surface area contributed by atoms with E-state index in [1.165, 1.54) is 0 Å². The van der Waals surface area contributed by atoms with Crippen LogP contribution >= 0.6 is 0 Å². The third-order valence-electron chi connectivity index (χ3n) is 3.73. The first-order valence-corrected chi connectivity index (χ1v) is 7.78. The normalized spacial score (nSPS) is 12.3. The van der Waals surface area contributed by atoms with Gasteiger partial charge in [-0.15, -0.1) is 0 Å². The van der Waals surface area contributed by atoms with Crippen molar-refractivity contribution < 1.29 is 4.79 Å². The van der Waals surface area contributed by atoms with E-state index in [4.69, 9.17) is 11.5 Å². The molecule has 5 nitrogen and oxygen atoms in total. The molecule has 1 aromatic carbocycles. The van der Waals surface area contributed by atoms with Gasteiger partial charge in [0.2, 0.25) is 0 Å². The third kappa shape index (κ3) is 4.79. The van der Waals surface area contributed by atoms with Crippen LogP contribution in [0.1, 0.15) is 44.0 Å². The number of imidazole rings is 1. The van der Waals surface area contributed by atoms with Crippen molar-refractivity contribution in [1.29, 1.82) is 0 Å². The van der Waals surface area contributed by atoms with Crippen LogP contribution in [0.4, 0.5) is 0 Å². The maximum absolute atomic E-state index is 11.1. The first-order valence-electron chi connectivity index (χ1n) is 7.78. The van der Waals surface area contributed by atoms with Gasteiger partial charge in [-0.1, -0.05) is 43.2 Å². The minimum absolute atomic E-state index is 0.0947. The molecule has 0 radical (unpaired) electrons. The fourth-order valence-corrected chi connectivity index (χ4v) is 2.39. The molecule has 22 heavy (non-hydrogen) atoms. The van der Waals surface area contributed by atoms with Gasteiger partial charge in [-0.25, -0.2) is 4.98 Å². The second-order valence-corrected chi connectivity index (χ2v) is 5.50. The Morgan fingerprint density at radius 2 is 1.95 bits per heavy atom. The number of nitrogens with one attached hydrogen (secondary N) is 1. The number of rotatable bonds is 9. The number of ketones is 1. The zero-order valence-corrected chi connectivity index (χ0v) is 12.8. The molecule has 1 aromatic heterocycles. The predicted octanol–water partition coefficient (Wildman–Crippen LogP) is 2.55. The van der Waals surface area contributed by atoms with Crippen LogP contribution in [0.5, 0.6) is 0 Å². The molecule has 118 valence electrons. The summed E-state index contributed by atoms with van der Waals surface area (Å²) < 4.78 is 0. The number of carbonyl (C=O) groups excluding carboxylic acids is 1. The van der Waals surface area contributed by atoms with E-state index in [2.05, 4.69) is 9.97 Å². The zero-order chi connectivity index (χ0) is 15.8. The van der Waals surface area contributed by atoms with Crippen molar-refractivity contribution in [2.75, 3.05) is 6.54 Å². The number of H-pyrrole nitrogens is 1. The molecule has 0 bridgehead atoms. The number of carbonyl (C=O) groups is 1. The van der Waals surface area contributed by atoms with Crippen molar-refractivity contribution in [2.45, 2.75) is 38.1 Å². The Balaban J connectivity index is 1.77. The number of aromatic nitrogens is 2. The molecule has 0 saturated heterocycles. The molecule has 1 atom stereocenters. The van der Waals surface area contributed by atoms with Crippen molar-refractivity contribution in [1.82, 2.24) is 9.97 Å². The molecule has 0 spiro atoms. The van der Waals surface area contributed by atoms with E-state index in [0.717, 1.165) is 42.8 Å². The van der Waals surface area contributed by atoms with Gasteiger partial charge in [-0.05, 0) is 18.4 Å². The number of benzene rings is 1. The van der Waals surface area contributed by atoms with Gasteiger partial charge in [0.05, 0.1) is 24.5 Å². The van der Waals surface area contributed by atoms with E-state index in [0.29, 0.717) is 6.42 Å². The van der Waals surface area contributed by atoms with Crippen LogP contribution in [-0.2, 0) is 4.79 Å². The highest BCUT2D eigenvalue weighted by Crippen LogP contribution is 2.20. The van der Waals surface area contributed by atoms with Gasteiger partial charge in [0, 0.05) is 6.42 Å². The lowest BCUT2D eigenvalue weighted by Gasteiger charge is -2.08. The summed E-state index contributed by atoms with van der Waals surface area (Å²) in [4.78, 5) is 18.8. The molecule has 2 rings (SSSR count). The lowest BCUT2D eigenvalue weighted by Crippen LogP contribution is -2.13. The monoisotopic (exact) mass is 300 g/mol. The summed E-state index contributed by atoms with van der Waals surface area (Å²) in [6.45, 7) is 0.147. The van der Waals surface area contributed by atoms with Gasteiger partial charge in [-0.2, -0.15) is 0 Å². The van der Waals surface area contributed by atoms with Crippen LogP contribution in [0, 0.1) is 0 Å². The average Bonchev–Trinajstić information content (AvgIpc) is 3.05. The molecule has 5 heteroatoms.